The van der Waals surface area contributed by atoms with Gasteiger partial charge in [-0.15, -0.1) is 11.3 Å². The molecule has 3 rings (SSSR count). The van der Waals surface area contributed by atoms with Crippen LogP contribution >= 0.6 is 11.3 Å². The summed E-state index contributed by atoms with van der Waals surface area (Å²) >= 11 is 0.198. The fraction of sp³-hybridized carbons (Fsp3) is 0.500. The number of thiophene rings is 1. The van der Waals surface area contributed by atoms with Crippen molar-refractivity contribution in [3.05, 3.63) is 39.2 Å². The van der Waals surface area contributed by atoms with E-state index in [9.17, 15) is 32.2 Å². The number of rotatable bonds is 7. The summed E-state index contributed by atoms with van der Waals surface area (Å²) in [6.45, 7) is 5.96. The van der Waals surface area contributed by atoms with Crippen LogP contribution in [0.25, 0.3) is 0 Å². The topological polar surface area (TPSA) is 110 Å². The predicted octanol–water partition coefficient (Wildman–Crippen LogP) is 5.57. The highest BCUT2D eigenvalue weighted by Crippen LogP contribution is 2.48. The average molecular weight is 558 g/mol. The van der Waals surface area contributed by atoms with Crippen molar-refractivity contribution < 1.29 is 36.4 Å². The zero-order chi connectivity index (χ0) is 27.8. The molecular weight excluding hydrogens is 531 g/mol. The lowest BCUT2D eigenvalue weighted by molar-refractivity contribution is -0.134. The number of nitrogens with zero attached hydrogens (tertiary/aromatic N) is 3. The molecule has 1 amide bonds. The second kappa shape index (κ2) is 10.4. The van der Waals surface area contributed by atoms with Crippen LogP contribution in [-0.2, 0) is 38.4 Å². The molecule has 200 valence electrons. The van der Waals surface area contributed by atoms with E-state index in [0.717, 1.165) is 18.1 Å². The summed E-state index contributed by atoms with van der Waals surface area (Å²) in [5.41, 5.74) is -1.31. The molecule has 1 aliphatic carbocycles. The quantitative estimate of drug-likeness (QED) is 0.409. The number of alkyl halides is 3. The molecule has 1 fully saturated rings. The number of esters is 1. The van der Waals surface area contributed by atoms with E-state index >= 15 is 0 Å². The van der Waals surface area contributed by atoms with Gasteiger partial charge in [-0.05, 0) is 56.9 Å². The predicted molar refractivity (Wildman–Crippen MR) is 131 cm³/mol. The summed E-state index contributed by atoms with van der Waals surface area (Å²) in [7, 11) is -0.616. The number of amides is 1. The molecule has 0 saturated heterocycles. The number of carbonyl (C=O) groups excluding carboxylic acids is 2. The Balaban J connectivity index is 2.18. The van der Waals surface area contributed by atoms with E-state index in [0.29, 0.717) is 18.4 Å². The summed E-state index contributed by atoms with van der Waals surface area (Å²) in [4.78, 5) is 29.7. The van der Waals surface area contributed by atoms with Crippen molar-refractivity contribution in [1.29, 1.82) is 5.26 Å². The minimum Gasteiger partial charge on any atom is -0.465 e. The van der Waals surface area contributed by atoms with Gasteiger partial charge in [0.15, 0.2) is 5.82 Å². The monoisotopic (exact) mass is 557 g/mol. The van der Waals surface area contributed by atoms with Crippen LogP contribution in [0.2, 0.25) is 0 Å². The Morgan fingerprint density at radius 2 is 1.92 bits per heavy atom. The highest BCUT2D eigenvalue weighted by atomic mass is 32.2. The van der Waals surface area contributed by atoms with E-state index in [4.69, 9.17) is 4.74 Å². The third-order valence-corrected chi connectivity index (χ3v) is 8.03. The van der Waals surface area contributed by atoms with Crippen molar-refractivity contribution in [2.24, 2.45) is 0 Å². The normalized spacial score (nSPS) is 15.4. The Hall–Kier alpha value is -2.98. The number of halogens is 3. The number of ether oxygens (including phenoxy) is 2. The first kappa shape index (κ1) is 28.6. The number of nitriles is 1. The molecule has 0 aliphatic heterocycles. The average Bonchev–Trinajstić information content (AvgIpc) is 3.50. The number of hydrogen-bond acceptors (Lipinski definition) is 8. The fourth-order valence-electron chi connectivity index (χ4n) is 3.48. The zero-order valence-electron chi connectivity index (χ0n) is 20.9. The van der Waals surface area contributed by atoms with Gasteiger partial charge in [-0.3, -0.25) is 9.11 Å². The van der Waals surface area contributed by atoms with Gasteiger partial charge in [0.25, 0.3) is 0 Å². The first-order valence-corrected chi connectivity index (χ1v) is 13.4. The molecule has 13 heteroatoms. The van der Waals surface area contributed by atoms with Crippen LogP contribution in [0.4, 0.5) is 23.8 Å². The van der Waals surface area contributed by atoms with Crippen molar-refractivity contribution in [3.8, 4) is 6.07 Å². The second-order valence-electron chi connectivity index (χ2n) is 9.39. The maximum Gasteiger partial charge on any atom is 0.425 e. The van der Waals surface area contributed by atoms with Gasteiger partial charge < -0.3 is 9.47 Å². The highest BCUT2D eigenvalue weighted by molar-refractivity contribution is 7.85. The molecule has 0 spiro atoms. The summed E-state index contributed by atoms with van der Waals surface area (Å²) in [6, 6.07) is 4.56. The van der Waals surface area contributed by atoms with Gasteiger partial charge >= 0.3 is 18.2 Å². The van der Waals surface area contributed by atoms with E-state index in [-0.39, 0.29) is 38.2 Å². The van der Waals surface area contributed by atoms with Crippen molar-refractivity contribution in [2.75, 3.05) is 17.8 Å². The molecule has 0 bridgehead atoms. The van der Waals surface area contributed by atoms with Gasteiger partial charge in [0.1, 0.15) is 15.4 Å². The maximum atomic E-state index is 13.5. The van der Waals surface area contributed by atoms with Crippen molar-refractivity contribution in [1.82, 2.24) is 4.98 Å². The largest absolute Gasteiger partial charge is 0.465 e. The molecule has 0 N–H and O–H groups in total. The highest BCUT2D eigenvalue weighted by Gasteiger charge is 2.46. The van der Waals surface area contributed by atoms with Crippen LogP contribution in [0.5, 0.6) is 0 Å². The Morgan fingerprint density at radius 3 is 2.41 bits per heavy atom. The van der Waals surface area contributed by atoms with E-state index in [1.807, 2.05) is 0 Å². The second-order valence-corrected chi connectivity index (χ2v) is 12.2. The number of aromatic nitrogens is 1. The van der Waals surface area contributed by atoms with Crippen LogP contribution in [0.15, 0.2) is 23.2 Å². The van der Waals surface area contributed by atoms with Crippen LogP contribution < -0.4 is 4.90 Å². The smallest absolute Gasteiger partial charge is 0.425 e. The van der Waals surface area contributed by atoms with Crippen molar-refractivity contribution >= 4 is 40.0 Å². The minimum absolute atomic E-state index is 0.0949. The van der Waals surface area contributed by atoms with Crippen LogP contribution in [-0.4, -0.2) is 39.7 Å². The lowest BCUT2D eigenvalue weighted by Gasteiger charge is -2.28. The van der Waals surface area contributed by atoms with Gasteiger partial charge in [0, 0.05) is 11.9 Å². The van der Waals surface area contributed by atoms with Crippen LogP contribution in [0, 0.1) is 11.3 Å². The molecule has 1 aliphatic rings. The standard InChI is InChI=1S/C24H26F3N3O5S2/c1-6-37(33)16-10-15(23(13-28)7-8-23)11-29-19(16)30(21(32)35-22(2,3)4)12-14-9-17(24(25,26)27)36-18(14)20(31)34-5/h9-11H,6-8,12H2,1-5H3. The number of pyridine rings is 1. The fourth-order valence-corrected chi connectivity index (χ4v) is 5.37. The first-order valence-electron chi connectivity index (χ1n) is 11.2. The molecule has 2 heterocycles. The Labute approximate surface area is 218 Å². The van der Waals surface area contributed by atoms with E-state index < -0.39 is 51.5 Å². The molecule has 0 aromatic carbocycles. The molecule has 8 nitrogen and oxygen atoms in total. The van der Waals surface area contributed by atoms with E-state index in [1.54, 1.807) is 33.8 Å². The molecule has 1 saturated carbocycles. The number of anilines is 1. The molecule has 0 radical (unpaired) electrons. The third kappa shape index (κ3) is 6.30. The molecular formula is C24H26F3N3O5S2. The summed E-state index contributed by atoms with van der Waals surface area (Å²) in [6.07, 6.45) is -3.08. The summed E-state index contributed by atoms with van der Waals surface area (Å²) in [5.74, 6) is -0.934. The Kier molecular flexibility index (Phi) is 8.05. The Bertz CT molecular complexity index is 1270. The van der Waals surface area contributed by atoms with Crippen LogP contribution in [0.1, 0.15) is 66.2 Å². The first-order chi connectivity index (χ1) is 17.2. The van der Waals surface area contributed by atoms with E-state index in [1.165, 1.54) is 6.20 Å². The van der Waals surface area contributed by atoms with Gasteiger partial charge in [-0.1, -0.05) is 6.92 Å². The lowest BCUT2D eigenvalue weighted by Crippen LogP contribution is -2.38. The van der Waals surface area contributed by atoms with Gasteiger partial charge in [0.2, 0.25) is 0 Å². The lowest BCUT2D eigenvalue weighted by atomic mass is 10.00. The number of carbonyl (C=O) groups is 2. The SMILES string of the molecule is CCS(=O)c1cc(C2(C#N)CC2)cnc1N(Cc1cc(C(F)(F)F)sc1C(=O)OC)C(=O)OC(C)(C)C. The molecule has 37 heavy (non-hydrogen) atoms. The van der Waals surface area contributed by atoms with Gasteiger partial charge in [-0.25, -0.2) is 14.6 Å². The number of methoxy groups -OCH3 is 1. The van der Waals surface area contributed by atoms with Gasteiger partial charge in [0.05, 0.1) is 40.8 Å². The molecule has 2 aromatic rings. The summed E-state index contributed by atoms with van der Waals surface area (Å²) < 4.78 is 63.6. The molecule has 1 atom stereocenters. The molecule has 2 aromatic heterocycles. The van der Waals surface area contributed by atoms with Gasteiger partial charge in [-0.2, -0.15) is 18.4 Å². The van der Waals surface area contributed by atoms with Crippen molar-refractivity contribution in [3.63, 3.8) is 0 Å². The van der Waals surface area contributed by atoms with Crippen LogP contribution in [0.3, 0.4) is 0 Å². The zero-order valence-corrected chi connectivity index (χ0v) is 22.5. The minimum atomic E-state index is -4.73. The van der Waals surface area contributed by atoms with Crippen molar-refractivity contribution in [2.45, 2.75) is 69.2 Å². The number of hydrogen-bond donors (Lipinski definition) is 0. The Morgan fingerprint density at radius 1 is 1.27 bits per heavy atom. The third-order valence-electron chi connectivity index (χ3n) is 5.51. The molecule has 1 unspecified atom stereocenters. The van der Waals surface area contributed by atoms with E-state index in [2.05, 4.69) is 15.8 Å². The maximum absolute atomic E-state index is 13.5. The summed E-state index contributed by atoms with van der Waals surface area (Å²) in [5, 5.41) is 9.59.